The van der Waals surface area contributed by atoms with Crippen molar-refractivity contribution in [1.82, 2.24) is 9.97 Å². The molecular weight excluding hydrogens is 402 g/mol. The molecule has 148 valence electrons. The Hall–Kier alpha value is -3.83. The minimum absolute atomic E-state index is 0.262. The fraction of sp³-hybridized carbons (Fsp3) is 0.136. The summed E-state index contributed by atoms with van der Waals surface area (Å²) in [7, 11) is 0. The van der Waals surface area contributed by atoms with Crippen LogP contribution in [0.15, 0.2) is 58.5 Å². The highest BCUT2D eigenvalue weighted by Crippen LogP contribution is 2.26. The summed E-state index contributed by atoms with van der Waals surface area (Å²) in [5.74, 6) is -1.76. The summed E-state index contributed by atoms with van der Waals surface area (Å²) in [6.45, 7) is 1.26. The van der Waals surface area contributed by atoms with Gasteiger partial charge in [0, 0.05) is 16.5 Å². The number of hydrogen-bond donors (Lipinski definition) is 0. The van der Waals surface area contributed by atoms with Crippen LogP contribution in [0.2, 0.25) is 0 Å². The van der Waals surface area contributed by atoms with E-state index >= 15 is 0 Å². The van der Waals surface area contributed by atoms with Crippen LogP contribution in [0.25, 0.3) is 22.4 Å². The molecule has 4 rings (SSSR count). The lowest BCUT2D eigenvalue weighted by atomic mass is 10.1. The highest BCUT2D eigenvalue weighted by Gasteiger charge is 2.25. The summed E-state index contributed by atoms with van der Waals surface area (Å²) in [4.78, 5) is 34.0. The van der Waals surface area contributed by atoms with Crippen LogP contribution in [0, 0.1) is 18.3 Å². The average molecular weight is 417 g/mol. The van der Waals surface area contributed by atoms with Crippen LogP contribution in [0.4, 0.5) is 0 Å². The van der Waals surface area contributed by atoms with E-state index in [4.69, 9.17) is 9.15 Å². The van der Waals surface area contributed by atoms with E-state index in [1.54, 1.807) is 48.7 Å². The van der Waals surface area contributed by atoms with Gasteiger partial charge in [0.05, 0.1) is 23.4 Å². The molecule has 0 aliphatic heterocycles. The molecule has 7 nitrogen and oxygen atoms in total. The van der Waals surface area contributed by atoms with E-state index in [1.165, 1.54) is 17.6 Å². The fourth-order valence-corrected chi connectivity index (χ4v) is 3.82. The normalized spacial score (nSPS) is 11.7. The number of thiazole rings is 1. The van der Waals surface area contributed by atoms with Crippen molar-refractivity contribution in [3.8, 4) is 17.5 Å². The Morgan fingerprint density at radius 3 is 2.77 bits per heavy atom. The van der Waals surface area contributed by atoms with Gasteiger partial charge < -0.3 is 9.15 Å². The highest BCUT2D eigenvalue weighted by molar-refractivity contribution is 7.09. The summed E-state index contributed by atoms with van der Waals surface area (Å²) in [6, 6.07) is 14.1. The Morgan fingerprint density at radius 1 is 1.23 bits per heavy atom. The van der Waals surface area contributed by atoms with E-state index in [2.05, 4.69) is 9.97 Å². The largest absolute Gasteiger partial charge is 0.463 e. The number of furan rings is 1. The van der Waals surface area contributed by atoms with Crippen LogP contribution in [0.3, 0.4) is 0 Å². The first-order valence-electron chi connectivity index (χ1n) is 9.02. The van der Waals surface area contributed by atoms with Crippen molar-refractivity contribution in [3.63, 3.8) is 0 Å². The van der Waals surface area contributed by atoms with Crippen molar-refractivity contribution >= 4 is 34.0 Å². The smallest absolute Gasteiger partial charge is 0.339 e. The second-order valence-corrected chi connectivity index (χ2v) is 7.37. The maximum atomic E-state index is 12.8. The molecule has 4 aromatic rings. The number of nitrogens with zero attached hydrogens (tertiary/aromatic N) is 3. The van der Waals surface area contributed by atoms with Crippen molar-refractivity contribution < 1.29 is 18.7 Å². The quantitative estimate of drug-likeness (QED) is 0.431. The summed E-state index contributed by atoms with van der Waals surface area (Å²) >= 11 is 1.23. The number of esters is 1. The molecule has 0 aliphatic rings. The summed E-state index contributed by atoms with van der Waals surface area (Å²) in [5.41, 5.74) is 2.06. The monoisotopic (exact) mass is 417 g/mol. The number of ether oxygens (including phenoxy) is 1. The second-order valence-electron chi connectivity index (χ2n) is 6.48. The molecule has 3 aromatic heterocycles. The molecule has 0 amide bonds. The number of pyridine rings is 1. The van der Waals surface area contributed by atoms with Crippen molar-refractivity contribution in [3.05, 3.63) is 70.4 Å². The predicted octanol–water partition coefficient (Wildman–Crippen LogP) is 4.29. The van der Waals surface area contributed by atoms with Gasteiger partial charge in [-0.25, -0.2) is 14.8 Å². The first-order chi connectivity index (χ1) is 14.6. The van der Waals surface area contributed by atoms with Gasteiger partial charge in [0.1, 0.15) is 10.7 Å². The minimum atomic E-state index is -1.07. The number of rotatable bonds is 6. The van der Waals surface area contributed by atoms with Gasteiger partial charge >= 0.3 is 5.97 Å². The Balaban J connectivity index is 1.59. The molecule has 3 heterocycles. The third-order valence-corrected chi connectivity index (χ3v) is 5.42. The van der Waals surface area contributed by atoms with E-state index in [0.717, 1.165) is 5.69 Å². The highest BCUT2D eigenvalue weighted by atomic mass is 32.1. The minimum Gasteiger partial charge on any atom is -0.463 e. The molecule has 1 atom stereocenters. The van der Waals surface area contributed by atoms with Gasteiger partial charge in [0.25, 0.3) is 0 Å². The number of Topliss-reactive ketones (excluding diaryl/α,β-unsaturated/α-hetero) is 1. The van der Waals surface area contributed by atoms with E-state index in [9.17, 15) is 14.9 Å². The number of nitriles is 1. The Morgan fingerprint density at radius 2 is 2.07 bits per heavy atom. The summed E-state index contributed by atoms with van der Waals surface area (Å²) < 4.78 is 10.6. The van der Waals surface area contributed by atoms with Crippen LogP contribution in [0.5, 0.6) is 0 Å². The molecule has 0 fully saturated rings. The molecule has 0 saturated carbocycles. The van der Waals surface area contributed by atoms with E-state index in [-0.39, 0.29) is 5.56 Å². The van der Waals surface area contributed by atoms with Crippen LogP contribution < -0.4 is 0 Å². The van der Waals surface area contributed by atoms with Crippen LogP contribution in [0.1, 0.15) is 27.0 Å². The number of aryl methyl sites for hydroxylation is 1. The van der Waals surface area contributed by atoms with Crippen LogP contribution >= 0.6 is 11.3 Å². The Bertz CT molecular complexity index is 1270. The SMILES string of the molecule is Cc1csc([C@@H](C#N)C(=O)COC(=O)c2cc(-c3ccco3)nc3ccccc23)n1. The number of hydrogen-bond acceptors (Lipinski definition) is 8. The first kappa shape index (κ1) is 19.5. The van der Waals surface area contributed by atoms with Crippen LogP contribution in [-0.2, 0) is 9.53 Å². The number of para-hydroxylation sites is 1. The Kier molecular flexibility index (Phi) is 5.37. The molecule has 0 radical (unpaired) electrons. The van der Waals surface area contributed by atoms with Crippen molar-refractivity contribution in [2.24, 2.45) is 0 Å². The lowest BCUT2D eigenvalue weighted by molar-refractivity contribution is -0.122. The van der Waals surface area contributed by atoms with E-state index in [1.807, 2.05) is 12.1 Å². The first-order valence-corrected chi connectivity index (χ1v) is 9.90. The topological polar surface area (TPSA) is 106 Å². The van der Waals surface area contributed by atoms with Gasteiger partial charge in [0.2, 0.25) is 0 Å². The van der Waals surface area contributed by atoms with Crippen molar-refractivity contribution in [2.45, 2.75) is 12.8 Å². The zero-order valence-corrected chi connectivity index (χ0v) is 16.7. The van der Waals surface area contributed by atoms with Gasteiger partial charge in [-0.15, -0.1) is 11.3 Å². The Labute approximate surface area is 175 Å². The molecule has 0 aliphatic carbocycles. The molecule has 0 N–H and O–H groups in total. The number of carbonyl (C=O) groups is 2. The molecule has 0 unspecified atom stereocenters. The molecule has 8 heteroatoms. The maximum absolute atomic E-state index is 12.8. The molecule has 1 aromatic carbocycles. The molecule has 0 spiro atoms. The van der Waals surface area contributed by atoms with Crippen molar-refractivity contribution in [2.75, 3.05) is 6.61 Å². The lowest BCUT2D eigenvalue weighted by Gasteiger charge is -2.10. The van der Waals surface area contributed by atoms with Gasteiger partial charge in [-0.1, -0.05) is 18.2 Å². The third-order valence-electron chi connectivity index (χ3n) is 4.39. The average Bonchev–Trinajstić information content (AvgIpc) is 3.44. The van der Waals surface area contributed by atoms with Gasteiger partial charge in [-0.3, -0.25) is 4.79 Å². The van der Waals surface area contributed by atoms with Crippen LogP contribution in [-0.4, -0.2) is 28.3 Å². The maximum Gasteiger partial charge on any atom is 0.339 e. The van der Waals surface area contributed by atoms with Gasteiger partial charge in [-0.05, 0) is 31.2 Å². The lowest BCUT2D eigenvalue weighted by Crippen LogP contribution is -2.20. The van der Waals surface area contributed by atoms with E-state index < -0.39 is 24.3 Å². The number of carbonyl (C=O) groups excluding carboxylic acids is 2. The van der Waals surface area contributed by atoms with E-state index in [0.29, 0.717) is 27.4 Å². The number of ketones is 1. The summed E-state index contributed by atoms with van der Waals surface area (Å²) in [5, 5.41) is 12.1. The van der Waals surface area contributed by atoms with Crippen molar-refractivity contribution in [1.29, 1.82) is 5.26 Å². The zero-order chi connectivity index (χ0) is 21.1. The third kappa shape index (κ3) is 3.83. The molecule has 30 heavy (non-hydrogen) atoms. The molecular formula is C22H15N3O4S. The molecule has 0 bridgehead atoms. The fourth-order valence-electron chi connectivity index (χ4n) is 2.96. The molecule has 0 saturated heterocycles. The van der Waals surface area contributed by atoms with Gasteiger partial charge in [-0.2, -0.15) is 5.26 Å². The number of aromatic nitrogens is 2. The second kappa shape index (κ2) is 8.27. The number of fused-ring (bicyclic) bond motifs is 1. The zero-order valence-electron chi connectivity index (χ0n) is 15.9. The van der Waals surface area contributed by atoms with Gasteiger partial charge in [0.15, 0.2) is 24.1 Å². The number of benzene rings is 1. The predicted molar refractivity (Wildman–Crippen MR) is 110 cm³/mol. The summed E-state index contributed by atoms with van der Waals surface area (Å²) in [6.07, 6.45) is 1.52. The standard InChI is InChI=1S/C22H15N3O4S/c1-13-12-30-21(24-13)16(10-23)19(26)11-29-22(27)15-9-18(20-7-4-8-28-20)25-17-6-3-2-5-14(15)17/h2-9,12,16H,11H2,1H3/t16-/m0/s1.